The molecule has 1 atom stereocenters. The molecule has 0 heterocycles. The Morgan fingerprint density at radius 3 is 2.94 bits per heavy atom. The topological polar surface area (TPSA) is 47.6 Å². The van der Waals surface area contributed by atoms with Gasteiger partial charge in [-0.05, 0) is 24.6 Å². The van der Waals surface area contributed by atoms with Crippen LogP contribution < -0.4 is 10.1 Å². The van der Waals surface area contributed by atoms with Crippen LogP contribution in [0.15, 0.2) is 24.3 Å². The molecule has 100 valence electrons. The first-order chi connectivity index (χ1) is 8.67. The SMILES string of the molecule is CCOc1cccc(CNCC(Br)C(=O)OC)c1. The number of hydrogen-bond acceptors (Lipinski definition) is 4. The second-order valence-electron chi connectivity index (χ2n) is 3.70. The molecule has 0 spiro atoms. The van der Waals surface area contributed by atoms with Crippen molar-refractivity contribution in [2.24, 2.45) is 0 Å². The van der Waals surface area contributed by atoms with Gasteiger partial charge < -0.3 is 14.8 Å². The first kappa shape index (κ1) is 15.0. The van der Waals surface area contributed by atoms with Crippen LogP contribution in [0.25, 0.3) is 0 Å². The highest BCUT2D eigenvalue weighted by Gasteiger charge is 2.13. The van der Waals surface area contributed by atoms with Gasteiger partial charge >= 0.3 is 5.97 Å². The Morgan fingerprint density at radius 2 is 2.28 bits per heavy atom. The Hall–Kier alpha value is -1.07. The maximum absolute atomic E-state index is 11.2. The van der Waals surface area contributed by atoms with Crippen molar-refractivity contribution in [1.29, 1.82) is 0 Å². The minimum Gasteiger partial charge on any atom is -0.494 e. The zero-order chi connectivity index (χ0) is 13.4. The number of hydrogen-bond donors (Lipinski definition) is 1. The van der Waals surface area contributed by atoms with Crippen molar-refractivity contribution in [3.8, 4) is 5.75 Å². The number of carbonyl (C=O) groups is 1. The summed E-state index contributed by atoms with van der Waals surface area (Å²) in [5, 5.41) is 3.18. The summed E-state index contributed by atoms with van der Waals surface area (Å²) in [5.74, 6) is 0.589. The molecule has 0 aliphatic rings. The van der Waals surface area contributed by atoms with Crippen LogP contribution in [0.4, 0.5) is 0 Å². The van der Waals surface area contributed by atoms with E-state index in [1.807, 2.05) is 31.2 Å². The van der Waals surface area contributed by atoms with Crippen molar-refractivity contribution in [2.75, 3.05) is 20.3 Å². The minimum atomic E-state index is -0.322. The van der Waals surface area contributed by atoms with Gasteiger partial charge in [0.2, 0.25) is 0 Å². The molecule has 1 aromatic carbocycles. The van der Waals surface area contributed by atoms with Gasteiger partial charge in [-0.25, -0.2) is 0 Å². The van der Waals surface area contributed by atoms with Crippen LogP contribution in [0.1, 0.15) is 12.5 Å². The fourth-order valence-corrected chi connectivity index (χ4v) is 1.88. The van der Waals surface area contributed by atoms with Crippen molar-refractivity contribution < 1.29 is 14.3 Å². The minimum absolute atomic E-state index is 0.273. The van der Waals surface area contributed by atoms with E-state index >= 15 is 0 Å². The molecule has 4 nitrogen and oxygen atoms in total. The molecule has 0 aromatic heterocycles. The third-order valence-corrected chi connectivity index (χ3v) is 3.02. The molecule has 0 bridgehead atoms. The lowest BCUT2D eigenvalue weighted by Gasteiger charge is -2.10. The van der Waals surface area contributed by atoms with Crippen molar-refractivity contribution in [3.63, 3.8) is 0 Å². The van der Waals surface area contributed by atoms with E-state index in [1.165, 1.54) is 7.11 Å². The highest BCUT2D eigenvalue weighted by molar-refractivity contribution is 9.10. The number of carbonyl (C=O) groups excluding carboxylic acids is 1. The Kier molecular flexibility index (Phi) is 6.75. The van der Waals surface area contributed by atoms with Crippen molar-refractivity contribution in [1.82, 2.24) is 5.32 Å². The maximum Gasteiger partial charge on any atom is 0.320 e. The maximum atomic E-state index is 11.2. The highest BCUT2D eigenvalue weighted by atomic mass is 79.9. The molecule has 0 amide bonds. The van der Waals surface area contributed by atoms with E-state index in [0.29, 0.717) is 19.7 Å². The number of esters is 1. The van der Waals surface area contributed by atoms with Crippen LogP contribution in [0.2, 0.25) is 0 Å². The lowest BCUT2D eigenvalue weighted by molar-refractivity contribution is -0.139. The summed E-state index contributed by atoms with van der Waals surface area (Å²) in [6.07, 6.45) is 0. The number of alkyl halides is 1. The molecule has 1 unspecified atom stereocenters. The normalized spacial score (nSPS) is 11.9. The second-order valence-corrected chi connectivity index (χ2v) is 4.81. The summed E-state index contributed by atoms with van der Waals surface area (Å²) in [6, 6.07) is 7.87. The standard InChI is InChI=1S/C13H18BrNO3/c1-3-18-11-6-4-5-10(7-11)8-15-9-12(14)13(16)17-2/h4-7,12,15H,3,8-9H2,1-2H3. The molecule has 0 fully saturated rings. The van der Waals surface area contributed by atoms with Crippen LogP contribution in [0, 0.1) is 0 Å². The van der Waals surface area contributed by atoms with E-state index in [1.54, 1.807) is 0 Å². The zero-order valence-electron chi connectivity index (χ0n) is 10.6. The van der Waals surface area contributed by atoms with Gasteiger partial charge in [0.25, 0.3) is 0 Å². The summed E-state index contributed by atoms with van der Waals surface area (Å²) < 4.78 is 10.0. The van der Waals surface area contributed by atoms with Crippen LogP contribution >= 0.6 is 15.9 Å². The number of rotatable bonds is 7. The molecular formula is C13H18BrNO3. The molecule has 0 aliphatic heterocycles. The van der Waals surface area contributed by atoms with Crippen LogP contribution in [-0.2, 0) is 16.1 Å². The predicted molar refractivity (Wildman–Crippen MR) is 74.0 cm³/mol. The lowest BCUT2D eigenvalue weighted by Crippen LogP contribution is -2.29. The molecule has 0 saturated carbocycles. The van der Waals surface area contributed by atoms with Crippen molar-refractivity contribution >= 4 is 21.9 Å². The summed E-state index contributed by atoms with van der Waals surface area (Å²) in [4.78, 5) is 10.8. The van der Waals surface area contributed by atoms with E-state index in [9.17, 15) is 4.79 Å². The Labute approximate surface area is 116 Å². The van der Waals surface area contributed by atoms with E-state index in [0.717, 1.165) is 11.3 Å². The van der Waals surface area contributed by atoms with Gasteiger partial charge in [-0.3, -0.25) is 4.79 Å². The molecule has 0 aliphatic carbocycles. The monoisotopic (exact) mass is 315 g/mol. The summed E-state index contributed by atoms with van der Waals surface area (Å²) in [5.41, 5.74) is 1.12. The zero-order valence-corrected chi connectivity index (χ0v) is 12.2. The van der Waals surface area contributed by atoms with Crippen LogP contribution in [-0.4, -0.2) is 31.1 Å². The van der Waals surface area contributed by atoms with Gasteiger partial charge in [0, 0.05) is 13.1 Å². The highest BCUT2D eigenvalue weighted by Crippen LogP contribution is 2.13. The largest absolute Gasteiger partial charge is 0.494 e. The number of benzene rings is 1. The van der Waals surface area contributed by atoms with E-state index in [2.05, 4.69) is 26.0 Å². The van der Waals surface area contributed by atoms with E-state index < -0.39 is 0 Å². The fraction of sp³-hybridized carbons (Fsp3) is 0.462. The quantitative estimate of drug-likeness (QED) is 0.618. The van der Waals surface area contributed by atoms with Gasteiger partial charge in [-0.1, -0.05) is 28.1 Å². The molecule has 5 heteroatoms. The second kappa shape index (κ2) is 8.11. The summed E-state index contributed by atoms with van der Waals surface area (Å²) >= 11 is 3.25. The van der Waals surface area contributed by atoms with Gasteiger partial charge in [-0.15, -0.1) is 0 Å². The smallest absolute Gasteiger partial charge is 0.320 e. The molecule has 1 N–H and O–H groups in total. The fourth-order valence-electron chi connectivity index (χ4n) is 1.47. The average Bonchev–Trinajstić information content (AvgIpc) is 2.38. The number of nitrogens with one attached hydrogen (secondary N) is 1. The third-order valence-electron chi connectivity index (χ3n) is 2.32. The van der Waals surface area contributed by atoms with Gasteiger partial charge in [-0.2, -0.15) is 0 Å². The molecule has 0 radical (unpaired) electrons. The number of halogens is 1. The summed E-state index contributed by atoms with van der Waals surface area (Å²) in [7, 11) is 1.38. The van der Waals surface area contributed by atoms with Crippen LogP contribution in [0.3, 0.4) is 0 Å². The Bertz CT molecular complexity index is 384. The molecule has 18 heavy (non-hydrogen) atoms. The summed E-state index contributed by atoms with van der Waals surface area (Å²) in [6.45, 7) is 3.81. The molecule has 1 rings (SSSR count). The van der Waals surface area contributed by atoms with Crippen molar-refractivity contribution in [3.05, 3.63) is 29.8 Å². The first-order valence-electron chi connectivity index (χ1n) is 5.81. The molecule has 0 saturated heterocycles. The first-order valence-corrected chi connectivity index (χ1v) is 6.73. The molecular weight excluding hydrogens is 298 g/mol. The van der Waals surface area contributed by atoms with Crippen molar-refractivity contribution in [2.45, 2.75) is 18.3 Å². The Morgan fingerprint density at radius 1 is 1.50 bits per heavy atom. The van der Waals surface area contributed by atoms with E-state index in [-0.39, 0.29) is 10.8 Å². The number of ether oxygens (including phenoxy) is 2. The lowest BCUT2D eigenvalue weighted by atomic mass is 10.2. The van der Waals surface area contributed by atoms with Crippen LogP contribution in [0.5, 0.6) is 5.75 Å². The van der Waals surface area contributed by atoms with E-state index in [4.69, 9.17) is 4.74 Å². The van der Waals surface area contributed by atoms with Gasteiger partial charge in [0.15, 0.2) is 0 Å². The third kappa shape index (κ3) is 5.06. The Balaban J connectivity index is 2.39. The molecule has 1 aromatic rings. The van der Waals surface area contributed by atoms with Gasteiger partial charge in [0.05, 0.1) is 13.7 Å². The number of methoxy groups -OCH3 is 1. The van der Waals surface area contributed by atoms with Gasteiger partial charge in [0.1, 0.15) is 10.6 Å². The predicted octanol–water partition coefficient (Wildman–Crippen LogP) is 2.11. The average molecular weight is 316 g/mol.